The van der Waals surface area contributed by atoms with Crippen molar-refractivity contribution in [1.29, 1.82) is 0 Å². The predicted molar refractivity (Wildman–Crippen MR) is 82.9 cm³/mol. The summed E-state index contributed by atoms with van der Waals surface area (Å²) < 4.78 is 15.8. The lowest BCUT2D eigenvalue weighted by Crippen LogP contribution is -2.12. The van der Waals surface area contributed by atoms with Gasteiger partial charge in [0.1, 0.15) is 5.75 Å². The zero-order valence-electron chi connectivity index (χ0n) is 12.5. The molecule has 0 unspecified atom stereocenters. The first-order chi connectivity index (χ1) is 10.7. The van der Waals surface area contributed by atoms with Gasteiger partial charge in [-0.1, -0.05) is 6.92 Å². The maximum atomic E-state index is 12.4. The first kappa shape index (κ1) is 14.3. The fourth-order valence-electron chi connectivity index (χ4n) is 2.37. The Hall–Kier alpha value is -2.69. The van der Waals surface area contributed by atoms with Crippen LogP contribution in [0.2, 0.25) is 0 Å². The van der Waals surface area contributed by atoms with Crippen LogP contribution in [0.1, 0.15) is 22.8 Å². The van der Waals surface area contributed by atoms with Gasteiger partial charge in [-0.25, -0.2) is 0 Å². The molecule has 0 saturated carbocycles. The standard InChI is InChI=1S/C17H17NO4/c1-3-11-8-12(4-6-14(11)20-2)17(19)18-13-5-7-15-16(9-13)22-10-21-15/h4-9H,3,10H2,1-2H3,(H,18,19). The fourth-order valence-corrected chi connectivity index (χ4v) is 2.37. The lowest BCUT2D eigenvalue weighted by Gasteiger charge is -2.10. The van der Waals surface area contributed by atoms with Crippen LogP contribution in [0.3, 0.4) is 0 Å². The molecule has 0 bridgehead atoms. The van der Waals surface area contributed by atoms with Gasteiger partial charge < -0.3 is 19.5 Å². The van der Waals surface area contributed by atoms with Crippen molar-refractivity contribution in [2.45, 2.75) is 13.3 Å². The maximum absolute atomic E-state index is 12.4. The third-order valence-electron chi connectivity index (χ3n) is 3.55. The molecule has 1 heterocycles. The zero-order valence-corrected chi connectivity index (χ0v) is 12.5. The predicted octanol–water partition coefficient (Wildman–Crippen LogP) is 3.24. The summed E-state index contributed by atoms with van der Waals surface area (Å²) in [4.78, 5) is 12.4. The van der Waals surface area contributed by atoms with Gasteiger partial charge >= 0.3 is 0 Å². The van der Waals surface area contributed by atoms with Crippen molar-refractivity contribution in [2.75, 3.05) is 19.2 Å². The summed E-state index contributed by atoms with van der Waals surface area (Å²) in [5, 5.41) is 2.86. The number of hydrogen-bond acceptors (Lipinski definition) is 4. The van der Waals surface area contributed by atoms with E-state index in [1.54, 1.807) is 31.4 Å². The summed E-state index contributed by atoms with van der Waals surface area (Å²) in [5.74, 6) is 1.95. The van der Waals surface area contributed by atoms with Gasteiger partial charge in [0, 0.05) is 17.3 Å². The highest BCUT2D eigenvalue weighted by molar-refractivity contribution is 6.04. The molecule has 1 amide bonds. The molecule has 0 saturated heterocycles. The Bertz CT molecular complexity index is 712. The summed E-state index contributed by atoms with van der Waals surface area (Å²) in [6.45, 7) is 2.24. The van der Waals surface area contributed by atoms with Crippen LogP contribution in [0, 0.1) is 0 Å². The van der Waals surface area contributed by atoms with Crippen molar-refractivity contribution in [3.63, 3.8) is 0 Å². The van der Waals surface area contributed by atoms with Crippen molar-refractivity contribution >= 4 is 11.6 Å². The van der Waals surface area contributed by atoms with Crippen LogP contribution in [0.15, 0.2) is 36.4 Å². The number of rotatable bonds is 4. The van der Waals surface area contributed by atoms with E-state index in [1.807, 2.05) is 19.1 Å². The Morgan fingerprint density at radius 1 is 1.18 bits per heavy atom. The summed E-state index contributed by atoms with van der Waals surface area (Å²) >= 11 is 0. The Morgan fingerprint density at radius 3 is 2.77 bits per heavy atom. The number of benzene rings is 2. The number of aryl methyl sites for hydroxylation is 1. The summed E-state index contributed by atoms with van der Waals surface area (Å²) in [6, 6.07) is 10.7. The second-order valence-corrected chi connectivity index (χ2v) is 4.90. The molecule has 22 heavy (non-hydrogen) atoms. The molecule has 1 aliphatic rings. The summed E-state index contributed by atoms with van der Waals surface area (Å²) in [5.41, 5.74) is 2.26. The van der Waals surface area contributed by atoms with Crippen LogP contribution in [0.25, 0.3) is 0 Å². The zero-order chi connectivity index (χ0) is 15.5. The van der Waals surface area contributed by atoms with E-state index in [0.717, 1.165) is 17.7 Å². The Kier molecular flexibility index (Phi) is 3.87. The molecule has 1 N–H and O–H groups in total. The number of anilines is 1. The van der Waals surface area contributed by atoms with E-state index in [0.29, 0.717) is 22.7 Å². The molecule has 0 fully saturated rings. The van der Waals surface area contributed by atoms with Crippen molar-refractivity contribution in [2.24, 2.45) is 0 Å². The number of amides is 1. The summed E-state index contributed by atoms with van der Waals surface area (Å²) in [7, 11) is 1.63. The van der Waals surface area contributed by atoms with Gasteiger partial charge in [-0.05, 0) is 42.3 Å². The summed E-state index contributed by atoms with van der Waals surface area (Å²) in [6.07, 6.45) is 0.800. The lowest BCUT2D eigenvalue weighted by molar-refractivity contribution is 0.102. The van der Waals surface area contributed by atoms with E-state index in [4.69, 9.17) is 14.2 Å². The van der Waals surface area contributed by atoms with Gasteiger partial charge in [-0.3, -0.25) is 4.79 Å². The minimum atomic E-state index is -0.170. The third-order valence-corrected chi connectivity index (χ3v) is 3.55. The fraction of sp³-hybridized carbons (Fsp3) is 0.235. The highest BCUT2D eigenvalue weighted by Gasteiger charge is 2.15. The number of nitrogens with one attached hydrogen (secondary N) is 1. The minimum Gasteiger partial charge on any atom is -0.496 e. The van der Waals surface area contributed by atoms with Gasteiger partial charge in [0.05, 0.1) is 7.11 Å². The molecule has 2 aromatic rings. The van der Waals surface area contributed by atoms with Gasteiger partial charge in [0.2, 0.25) is 6.79 Å². The smallest absolute Gasteiger partial charge is 0.255 e. The molecule has 1 aliphatic heterocycles. The molecular weight excluding hydrogens is 282 g/mol. The van der Waals surface area contributed by atoms with Gasteiger partial charge in [-0.15, -0.1) is 0 Å². The molecular formula is C17H17NO4. The Balaban J connectivity index is 1.79. The molecule has 0 atom stereocenters. The van der Waals surface area contributed by atoms with Gasteiger partial charge in [0.25, 0.3) is 5.91 Å². The topological polar surface area (TPSA) is 56.8 Å². The van der Waals surface area contributed by atoms with Crippen LogP contribution in [0.4, 0.5) is 5.69 Å². The van der Waals surface area contributed by atoms with Crippen molar-refractivity contribution in [1.82, 2.24) is 0 Å². The molecule has 3 rings (SSSR count). The normalized spacial score (nSPS) is 12.1. The van der Waals surface area contributed by atoms with Crippen LogP contribution < -0.4 is 19.5 Å². The quantitative estimate of drug-likeness (QED) is 0.941. The highest BCUT2D eigenvalue weighted by atomic mass is 16.7. The molecule has 114 valence electrons. The third kappa shape index (κ3) is 2.70. The second-order valence-electron chi connectivity index (χ2n) is 4.90. The number of methoxy groups -OCH3 is 1. The van der Waals surface area contributed by atoms with Crippen LogP contribution >= 0.6 is 0 Å². The number of carbonyl (C=O) groups excluding carboxylic acids is 1. The number of hydrogen-bond donors (Lipinski definition) is 1. The first-order valence-corrected chi connectivity index (χ1v) is 7.09. The Morgan fingerprint density at radius 2 is 2.00 bits per heavy atom. The molecule has 5 heteroatoms. The van der Waals surface area contributed by atoms with E-state index in [2.05, 4.69) is 5.32 Å². The van der Waals surface area contributed by atoms with E-state index < -0.39 is 0 Å². The van der Waals surface area contributed by atoms with Crippen molar-refractivity contribution in [3.8, 4) is 17.2 Å². The molecule has 0 spiro atoms. The van der Waals surface area contributed by atoms with E-state index in [9.17, 15) is 4.79 Å². The molecule has 5 nitrogen and oxygen atoms in total. The second kappa shape index (κ2) is 5.97. The number of carbonyl (C=O) groups is 1. The SMILES string of the molecule is CCc1cc(C(=O)Nc2ccc3c(c2)OCO3)ccc1OC. The molecule has 0 aromatic heterocycles. The first-order valence-electron chi connectivity index (χ1n) is 7.09. The average Bonchev–Trinajstić information content (AvgIpc) is 3.01. The van der Waals surface area contributed by atoms with Gasteiger partial charge in [0.15, 0.2) is 11.5 Å². The van der Waals surface area contributed by atoms with E-state index >= 15 is 0 Å². The number of ether oxygens (including phenoxy) is 3. The Labute approximate surface area is 128 Å². The monoisotopic (exact) mass is 299 g/mol. The highest BCUT2D eigenvalue weighted by Crippen LogP contribution is 2.34. The van der Waals surface area contributed by atoms with Crippen LogP contribution in [-0.2, 0) is 6.42 Å². The molecule has 2 aromatic carbocycles. The molecule has 0 aliphatic carbocycles. The van der Waals surface area contributed by atoms with E-state index in [-0.39, 0.29) is 12.7 Å². The average molecular weight is 299 g/mol. The van der Waals surface area contributed by atoms with Crippen molar-refractivity contribution in [3.05, 3.63) is 47.5 Å². The lowest BCUT2D eigenvalue weighted by atomic mass is 10.1. The largest absolute Gasteiger partial charge is 0.496 e. The maximum Gasteiger partial charge on any atom is 0.255 e. The van der Waals surface area contributed by atoms with Crippen molar-refractivity contribution < 1.29 is 19.0 Å². The van der Waals surface area contributed by atoms with Gasteiger partial charge in [-0.2, -0.15) is 0 Å². The van der Waals surface area contributed by atoms with E-state index in [1.165, 1.54) is 0 Å². The molecule has 0 radical (unpaired) electrons. The van der Waals surface area contributed by atoms with Crippen LogP contribution in [-0.4, -0.2) is 19.8 Å². The minimum absolute atomic E-state index is 0.170. The number of fused-ring (bicyclic) bond motifs is 1. The van der Waals surface area contributed by atoms with Crippen LogP contribution in [0.5, 0.6) is 17.2 Å².